The lowest BCUT2D eigenvalue weighted by molar-refractivity contribution is -0.0288. The van der Waals surface area contributed by atoms with Gasteiger partial charge in [0.25, 0.3) is 0 Å². The van der Waals surface area contributed by atoms with Crippen molar-refractivity contribution in [3.8, 4) is 11.4 Å². The van der Waals surface area contributed by atoms with Gasteiger partial charge in [0.2, 0.25) is 0 Å². The number of nitrogens with two attached hydrogens (primary N) is 1. The Morgan fingerprint density at radius 2 is 1.97 bits per heavy atom. The van der Waals surface area contributed by atoms with Crippen molar-refractivity contribution in [1.29, 1.82) is 0 Å². The zero-order valence-corrected chi connectivity index (χ0v) is 16.0. The number of hydrogen-bond donors (Lipinski definition) is 4. The summed E-state index contributed by atoms with van der Waals surface area (Å²) in [5.41, 5.74) is 8.48. The van der Waals surface area contributed by atoms with E-state index in [1.165, 1.54) is 6.33 Å². The van der Waals surface area contributed by atoms with Gasteiger partial charge < -0.3 is 20.7 Å². The molecule has 1 aliphatic rings. The van der Waals surface area contributed by atoms with Crippen LogP contribution in [0.25, 0.3) is 33.5 Å². The summed E-state index contributed by atoms with van der Waals surface area (Å²) in [6, 6.07) is 9.68. The van der Waals surface area contributed by atoms with E-state index < -0.39 is 24.5 Å². The van der Waals surface area contributed by atoms with Crippen LogP contribution >= 0.6 is 12.6 Å². The Hall–Kier alpha value is -2.79. The minimum atomic E-state index is -1.15. The van der Waals surface area contributed by atoms with E-state index >= 15 is 0 Å². The van der Waals surface area contributed by atoms with Crippen molar-refractivity contribution < 1.29 is 14.9 Å². The van der Waals surface area contributed by atoms with Crippen LogP contribution in [0.5, 0.6) is 0 Å². The number of ether oxygens (including phenoxy) is 1. The Bertz CT molecular complexity index is 1220. The minimum Gasteiger partial charge on any atom is -0.387 e. The van der Waals surface area contributed by atoms with Crippen LogP contribution < -0.4 is 5.73 Å². The van der Waals surface area contributed by atoms with E-state index in [1.54, 1.807) is 10.8 Å². The fourth-order valence-electron chi connectivity index (χ4n) is 3.56. The number of anilines is 1. The van der Waals surface area contributed by atoms with Gasteiger partial charge in [-0.3, -0.25) is 9.55 Å². The number of aromatic nitrogens is 5. The van der Waals surface area contributed by atoms with Gasteiger partial charge in [-0.05, 0) is 12.1 Å². The Morgan fingerprint density at radius 3 is 2.76 bits per heavy atom. The largest absolute Gasteiger partial charge is 0.387 e. The number of rotatable bonds is 3. The third kappa shape index (κ3) is 2.92. The molecule has 0 bridgehead atoms. The number of pyridine rings is 1. The van der Waals surface area contributed by atoms with Crippen LogP contribution in [0.4, 0.5) is 5.82 Å². The lowest BCUT2D eigenvalue weighted by Gasteiger charge is -2.16. The number of thiol groups is 1. The van der Waals surface area contributed by atoms with Gasteiger partial charge in [-0.1, -0.05) is 18.2 Å². The molecule has 1 aromatic carbocycles. The van der Waals surface area contributed by atoms with Crippen molar-refractivity contribution in [3.05, 3.63) is 42.9 Å². The second kappa shape index (κ2) is 6.92. The second-order valence-corrected chi connectivity index (χ2v) is 7.27. The lowest BCUT2D eigenvalue weighted by atomic mass is 10.1. The molecule has 1 fully saturated rings. The average Bonchev–Trinajstić information content (AvgIpc) is 3.29. The summed E-state index contributed by atoms with van der Waals surface area (Å²) in [4.78, 5) is 17.7. The van der Waals surface area contributed by atoms with Gasteiger partial charge in [0.05, 0.1) is 17.9 Å². The maximum absolute atomic E-state index is 10.4. The summed E-state index contributed by atoms with van der Waals surface area (Å²) in [5.74, 6) is 0.858. The molecule has 0 unspecified atom stereocenters. The first-order valence-electron chi connectivity index (χ1n) is 9.04. The number of fused-ring (bicyclic) bond motifs is 2. The summed E-state index contributed by atoms with van der Waals surface area (Å²) in [7, 11) is 0. The molecule has 10 heteroatoms. The van der Waals surface area contributed by atoms with Crippen molar-refractivity contribution in [3.63, 3.8) is 0 Å². The van der Waals surface area contributed by atoms with Gasteiger partial charge in [-0.15, -0.1) is 0 Å². The Kier molecular flexibility index (Phi) is 4.36. The molecular weight excluding hydrogens is 392 g/mol. The molecule has 29 heavy (non-hydrogen) atoms. The first-order valence-corrected chi connectivity index (χ1v) is 9.67. The predicted molar refractivity (Wildman–Crippen MR) is 110 cm³/mol. The van der Waals surface area contributed by atoms with Crippen LogP contribution in [0.15, 0.2) is 42.9 Å². The molecule has 4 aromatic rings. The van der Waals surface area contributed by atoms with Gasteiger partial charge in [0.15, 0.2) is 23.5 Å². The molecule has 3 aromatic heterocycles. The number of imidazole rings is 1. The molecule has 5 rings (SSSR count). The first-order chi connectivity index (χ1) is 14.1. The predicted octanol–water partition coefficient (Wildman–Crippen LogP) is 1.17. The summed E-state index contributed by atoms with van der Waals surface area (Å²) in [6.45, 7) is 0. The molecule has 0 saturated carbocycles. The Labute approximate surface area is 170 Å². The SMILES string of the molecule is Nc1nc(-c2cnc3ccccc3c2)nc2c1ncn2[C@@H]1O[C@H](CS)[C@@H](O)[C@H]1O. The van der Waals surface area contributed by atoms with Gasteiger partial charge >= 0.3 is 0 Å². The molecule has 4 N–H and O–H groups in total. The molecule has 9 nitrogen and oxygen atoms in total. The van der Waals surface area contributed by atoms with Crippen molar-refractivity contribution in [2.45, 2.75) is 24.5 Å². The van der Waals surface area contributed by atoms with Gasteiger partial charge in [-0.2, -0.15) is 12.6 Å². The van der Waals surface area contributed by atoms with Crippen molar-refractivity contribution >= 4 is 40.5 Å². The molecule has 4 atom stereocenters. The monoisotopic (exact) mass is 410 g/mol. The van der Waals surface area contributed by atoms with Crippen LogP contribution in [0.1, 0.15) is 6.23 Å². The average molecular weight is 410 g/mol. The standard InChI is InChI=1S/C19H18N6O3S/c20-16-13-18(25(8-22-13)19-15(27)14(26)12(7-29)28-19)24-17(23-16)10-5-9-3-1-2-4-11(9)21-6-10/h1-6,8,12,14-15,19,26-27,29H,7H2,(H2,20,23,24)/t12-,14-,15-,19-/m1/s1. The normalized spacial score (nSPS) is 24.5. The Balaban J connectivity index is 1.62. The maximum Gasteiger partial charge on any atom is 0.168 e. The molecule has 1 saturated heterocycles. The third-order valence-corrected chi connectivity index (χ3v) is 5.45. The molecule has 148 valence electrons. The second-order valence-electron chi connectivity index (χ2n) is 6.90. The topological polar surface area (TPSA) is 132 Å². The van der Waals surface area contributed by atoms with E-state index in [2.05, 4.69) is 32.6 Å². The van der Waals surface area contributed by atoms with Crippen molar-refractivity contribution in [2.75, 3.05) is 11.5 Å². The molecular formula is C19H18N6O3S. The van der Waals surface area contributed by atoms with E-state index in [1.807, 2.05) is 30.3 Å². The van der Waals surface area contributed by atoms with Crippen LogP contribution in [-0.4, -0.2) is 58.8 Å². The van der Waals surface area contributed by atoms with Crippen LogP contribution in [0.2, 0.25) is 0 Å². The highest BCUT2D eigenvalue weighted by Crippen LogP contribution is 2.33. The third-order valence-electron chi connectivity index (χ3n) is 5.09. The Morgan fingerprint density at radius 1 is 1.14 bits per heavy atom. The molecule has 1 aliphatic heterocycles. The molecule has 0 spiro atoms. The number of aliphatic hydroxyl groups is 2. The van der Waals surface area contributed by atoms with E-state index in [4.69, 9.17) is 10.5 Å². The molecule has 0 amide bonds. The summed E-state index contributed by atoms with van der Waals surface area (Å²) in [6.07, 6.45) is -0.502. The highest BCUT2D eigenvalue weighted by molar-refractivity contribution is 7.80. The van der Waals surface area contributed by atoms with E-state index in [-0.39, 0.29) is 11.6 Å². The minimum absolute atomic E-state index is 0.204. The fourth-order valence-corrected chi connectivity index (χ4v) is 3.86. The number of nitrogen functional groups attached to an aromatic ring is 1. The van der Waals surface area contributed by atoms with Crippen molar-refractivity contribution in [2.24, 2.45) is 0 Å². The number of benzene rings is 1. The highest BCUT2D eigenvalue weighted by Gasteiger charge is 2.43. The van der Waals surface area contributed by atoms with E-state index in [9.17, 15) is 10.2 Å². The van der Waals surface area contributed by atoms with Gasteiger partial charge in [-0.25, -0.2) is 15.0 Å². The summed E-state index contributed by atoms with van der Waals surface area (Å²) in [5, 5.41) is 21.5. The van der Waals surface area contributed by atoms with E-state index in [0.29, 0.717) is 22.6 Å². The number of aliphatic hydroxyl groups excluding tert-OH is 2. The zero-order chi connectivity index (χ0) is 20.1. The van der Waals surface area contributed by atoms with Crippen LogP contribution in [0.3, 0.4) is 0 Å². The number of hydrogen-bond acceptors (Lipinski definition) is 9. The zero-order valence-electron chi connectivity index (χ0n) is 15.1. The first kappa shape index (κ1) is 18.3. The summed E-state index contributed by atoms with van der Waals surface area (Å²) < 4.78 is 7.32. The van der Waals surface area contributed by atoms with E-state index in [0.717, 1.165) is 10.9 Å². The molecule has 0 aliphatic carbocycles. The molecule has 4 heterocycles. The summed E-state index contributed by atoms with van der Waals surface area (Å²) >= 11 is 4.16. The smallest absolute Gasteiger partial charge is 0.168 e. The van der Waals surface area contributed by atoms with Crippen LogP contribution in [-0.2, 0) is 4.74 Å². The number of para-hydroxylation sites is 1. The van der Waals surface area contributed by atoms with Crippen molar-refractivity contribution in [1.82, 2.24) is 24.5 Å². The highest BCUT2D eigenvalue weighted by atomic mass is 32.1. The van der Waals surface area contributed by atoms with Gasteiger partial charge in [0, 0.05) is 22.9 Å². The maximum atomic E-state index is 10.4. The fraction of sp³-hybridized carbons (Fsp3) is 0.263. The van der Waals surface area contributed by atoms with Gasteiger partial charge in [0.1, 0.15) is 17.7 Å². The quantitative estimate of drug-likeness (QED) is 0.370. The molecule has 0 radical (unpaired) electrons. The lowest BCUT2D eigenvalue weighted by Crippen LogP contribution is -2.32. The number of nitrogens with zero attached hydrogens (tertiary/aromatic N) is 5. The van der Waals surface area contributed by atoms with Crippen LogP contribution in [0, 0.1) is 0 Å².